The van der Waals surface area contributed by atoms with E-state index in [1.807, 2.05) is 36.4 Å². The molecule has 0 unspecified atom stereocenters. The first-order chi connectivity index (χ1) is 9.72. The fourth-order valence-electron chi connectivity index (χ4n) is 1.67. The Bertz CT molecular complexity index is 727. The molecule has 0 fully saturated rings. The zero-order valence-corrected chi connectivity index (χ0v) is 12.5. The molecule has 1 N–H and O–H groups in total. The number of benzene rings is 2. The van der Waals surface area contributed by atoms with E-state index in [0.717, 1.165) is 15.7 Å². The van der Waals surface area contributed by atoms with Gasteiger partial charge in [-0.3, -0.25) is 0 Å². The lowest BCUT2D eigenvalue weighted by molar-refractivity contribution is 0.587. The van der Waals surface area contributed by atoms with E-state index in [9.17, 15) is 0 Å². The molecule has 20 heavy (non-hydrogen) atoms. The summed E-state index contributed by atoms with van der Waals surface area (Å²) in [6.07, 6.45) is 0. The molecule has 6 heteroatoms. The molecule has 3 rings (SSSR count). The quantitative estimate of drug-likeness (QED) is 0.730. The number of nitrogens with one attached hydrogen (secondary N) is 1. The smallest absolute Gasteiger partial charge is 0.320 e. The SMILES string of the molecule is Clc1ccc(Nc2nnc(-c3ccccc3Br)o2)cc1. The molecule has 4 nitrogen and oxygen atoms in total. The molecule has 3 aromatic rings. The molecule has 2 aromatic carbocycles. The third kappa shape index (κ3) is 2.84. The first kappa shape index (κ1) is 13.1. The van der Waals surface area contributed by atoms with Gasteiger partial charge in [0.1, 0.15) is 0 Å². The zero-order valence-electron chi connectivity index (χ0n) is 10.2. The molecule has 100 valence electrons. The van der Waals surface area contributed by atoms with Crippen LogP contribution in [0.1, 0.15) is 0 Å². The van der Waals surface area contributed by atoms with Crippen LogP contribution >= 0.6 is 27.5 Å². The summed E-state index contributed by atoms with van der Waals surface area (Å²) in [6.45, 7) is 0. The lowest BCUT2D eigenvalue weighted by Crippen LogP contribution is -1.89. The second-order valence-electron chi connectivity index (χ2n) is 4.02. The summed E-state index contributed by atoms with van der Waals surface area (Å²) in [5, 5.41) is 11.7. The first-order valence-electron chi connectivity index (χ1n) is 5.83. The lowest BCUT2D eigenvalue weighted by atomic mass is 10.2. The molecule has 0 radical (unpaired) electrons. The highest BCUT2D eigenvalue weighted by atomic mass is 79.9. The Morgan fingerprint density at radius 2 is 1.75 bits per heavy atom. The second-order valence-corrected chi connectivity index (χ2v) is 5.31. The maximum atomic E-state index is 5.83. The number of rotatable bonds is 3. The molecule has 0 spiro atoms. The maximum Gasteiger partial charge on any atom is 0.320 e. The average molecular weight is 351 g/mol. The van der Waals surface area contributed by atoms with Crippen molar-refractivity contribution in [3.05, 3.63) is 58.0 Å². The predicted molar refractivity (Wildman–Crippen MR) is 82.2 cm³/mol. The summed E-state index contributed by atoms with van der Waals surface area (Å²) in [6, 6.07) is 15.3. The van der Waals surface area contributed by atoms with Gasteiger partial charge in [0.25, 0.3) is 5.89 Å². The summed E-state index contributed by atoms with van der Waals surface area (Å²) in [7, 11) is 0. The molecule has 0 bridgehead atoms. The van der Waals surface area contributed by atoms with Crippen molar-refractivity contribution in [1.29, 1.82) is 0 Å². The van der Waals surface area contributed by atoms with Crippen LogP contribution in [0.3, 0.4) is 0 Å². The van der Waals surface area contributed by atoms with E-state index < -0.39 is 0 Å². The van der Waals surface area contributed by atoms with Gasteiger partial charge in [-0.25, -0.2) is 0 Å². The van der Waals surface area contributed by atoms with Crippen LogP contribution in [-0.2, 0) is 0 Å². The number of aromatic nitrogens is 2. The van der Waals surface area contributed by atoms with Crippen molar-refractivity contribution in [1.82, 2.24) is 10.2 Å². The number of anilines is 2. The summed E-state index contributed by atoms with van der Waals surface area (Å²) in [5.41, 5.74) is 1.68. The van der Waals surface area contributed by atoms with Crippen molar-refractivity contribution in [3.8, 4) is 11.5 Å². The largest absolute Gasteiger partial charge is 0.403 e. The number of halogens is 2. The maximum absolute atomic E-state index is 5.83. The van der Waals surface area contributed by atoms with Crippen molar-refractivity contribution in [2.45, 2.75) is 0 Å². The Labute approximate surface area is 128 Å². The Morgan fingerprint density at radius 3 is 2.50 bits per heavy atom. The van der Waals surface area contributed by atoms with Gasteiger partial charge in [-0.2, -0.15) is 0 Å². The highest BCUT2D eigenvalue weighted by Crippen LogP contribution is 2.28. The van der Waals surface area contributed by atoms with Crippen molar-refractivity contribution < 1.29 is 4.42 Å². The normalized spacial score (nSPS) is 10.5. The van der Waals surface area contributed by atoms with E-state index in [1.165, 1.54) is 0 Å². The van der Waals surface area contributed by atoms with E-state index in [2.05, 4.69) is 31.4 Å². The van der Waals surface area contributed by atoms with Crippen LogP contribution < -0.4 is 5.32 Å². The number of hydrogen-bond donors (Lipinski definition) is 1. The minimum Gasteiger partial charge on any atom is -0.403 e. The van der Waals surface area contributed by atoms with Crippen molar-refractivity contribution in [2.24, 2.45) is 0 Å². The van der Waals surface area contributed by atoms with Crippen molar-refractivity contribution in [3.63, 3.8) is 0 Å². The number of nitrogens with zero attached hydrogens (tertiary/aromatic N) is 2. The highest BCUT2D eigenvalue weighted by Gasteiger charge is 2.11. The van der Waals surface area contributed by atoms with Crippen LogP contribution in [0.2, 0.25) is 5.02 Å². The van der Waals surface area contributed by atoms with Crippen LogP contribution in [0.5, 0.6) is 0 Å². The van der Waals surface area contributed by atoms with E-state index in [0.29, 0.717) is 16.9 Å². The van der Waals surface area contributed by atoms with Gasteiger partial charge in [-0.05, 0) is 52.3 Å². The zero-order chi connectivity index (χ0) is 13.9. The third-order valence-electron chi connectivity index (χ3n) is 2.62. The van der Waals surface area contributed by atoms with Gasteiger partial charge < -0.3 is 9.73 Å². The van der Waals surface area contributed by atoms with E-state index in [1.54, 1.807) is 12.1 Å². The average Bonchev–Trinajstić information content (AvgIpc) is 2.90. The van der Waals surface area contributed by atoms with E-state index in [4.69, 9.17) is 16.0 Å². The monoisotopic (exact) mass is 349 g/mol. The Hall–Kier alpha value is -1.85. The van der Waals surface area contributed by atoms with E-state index >= 15 is 0 Å². The third-order valence-corrected chi connectivity index (χ3v) is 3.57. The fourth-order valence-corrected chi connectivity index (χ4v) is 2.25. The molecule has 1 aromatic heterocycles. The molecule has 0 saturated heterocycles. The molecule has 0 aliphatic carbocycles. The number of hydrogen-bond acceptors (Lipinski definition) is 4. The Balaban J connectivity index is 1.84. The Kier molecular flexibility index (Phi) is 3.71. The van der Waals surface area contributed by atoms with Crippen LogP contribution in [0.15, 0.2) is 57.4 Å². The van der Waals surface area contributed by atoms with Crippen molar-refractivity contribution >= 4 is 39.2 Å². The van der Waals surface area contributed by atoms with E-state index in [-0.39, 0.29) is 0 Å². The molecular weight excluding hydrogens is 342 g/mol. The van der Waals surface area contributed by atoms with Gasteiger partial charge in [0, 0.05) is 15.2 Å². The van der Waals surface area contributed by atoms with Gasteiger partial charge >= 0.3 is 6.01 Å². The molecule has 0 amide bonds. The van der Waals surface area contributed by atoms with Gasteiger partial charge in [0.15, 0.2) is 0 Å². The van der Waals surface area contributed by atoms with Gasteiger partial charge in [0.2, 0.25) is 0 Å². The standard InChI is InChI=1S/C14H9BrClN3O/c15-12-4-2-1-3-11(12)13-18-19-14(20-13)17-10-7-5-9(16)6-8-10/h1-8H,(H,17,19). The molecule has 1 heterocycles. The summed E-state index contributed by atoms with van der Waals surface area (Å²) in [5.74, 6) is 0.453. The first-order valence-corrected chi connectivity index (χ1v) is 7.00. The lowest BCUT2D eigenvalue weighted by Gasteiger charge is -2.00. The summed E-state index contributed by atoms with van der Waals surface area (Å²) < 4.78 is 6.49. The second kappa shape index (κ2) is 5.64. The van der Waals surface area contributed by atoms with Gasteiger partial charge in [0.05, 0.1) is 5.56 Å². The molecule has 0 aliphatic rings. The molecular formula is C14H9BrClN3O. The Morgan fingerprint density at radius 1 is 1.00 bits per heavy atom. The molecule has 0 atom stereocenters. The summed E-state index contributed by atoms with van der Waals surface area (Å²) >= 11 is 9.29. The highest BCUT2D eigenvalue weighted by molar-refractivity contribution is 9.10. The van der Waals surface area contributed by atoms with Crippen LogP contribution in [-0.4, -0.2) is 10.2 Å². The topological polar surface area (TPSA) is 51.0 Å². The predicted octanol–water partition coefficient (Wildman–Crippen LogP) is 4.90. The minimum atomic E-state index is 0.332. The fraction of sp³-hybridized carbons (Fsp3) is 0. The summed E-state index contributed by atoms with van der Waals surface area (Å²) in [4.78, 5) is 0. The molecule has 0 saturated carbocycles. The molecule has 0 aliphatic heterocycles. The van der Waals surface area contributed by atoms with Gasteiger partial charge in [-0.15, -0.1) is 5.10 Å². The van der Waals surface area contributed by atoms with Crippen LogP contribution in [0.25, 0.3) is 11.5 Å². The van der Waals surface area contributed by atoms with Crippen LogP contribution in [0.4, 0.5) is 11.7 Å². The van der Waals surface area contributed by atoms with Crippen LogP contribution in [0, 0.1) is 0 Å². The minimum absolute atomic E-state index is 0.332. The van der Waals surface area contributed by atoms with Crippen molar-refractivity contribution in [2.75, 3.05) is 5.32 Å². The van der Waals surface area contributed by atoms with Gasteiger partial charge in [-0.1, -0.05) is 28.8 Å².